The van der Waals surface area contributed by atoms with Gasteiger partial charge in [-0.2, -0.15) is 0 Å². The van der Waals surface area contributed by atoms with Crippen molar-refractivity contribution in [3.05, 3.63) is 34.9 Å². The van der Waals surface area contributed by atoms with Gasteiger partial charge in [-0.1, -0.05) is 11.6 Å². The average molecular weight is 313 g/mol. The first-order valence-electron chi connectivity index (χ1n) is 6.61. The molecule has 0 aromatic heterocycles. The molecule has 0 saturated carbocycles. The molecular weight excluding hydrogens is 296 g/mol. The van der Waals surface area contributed by atoms with Gasteiger partial charge in [0.1, 0.15) is 5.92 Å². The van der Waals surface area contributed by atoms with Gasteiger partial charge in [0.15, 0.2) is 5.78 Å². The fourth-order valence-corrected chi connectivity index (χ4v) is 1.85. The van der Waals surface area contributed by atoms with Gasteiger partial charge in [0.05, 0.1) is 19.6 Å². The largest absolute Gasteiger partial charge is 0.466 e. The normalized spacial score (nSPS) is 11.6. The summed E-state index contributed by atoms with van der Waals surface area (Å²) in [5, 5.41) is 0.477. The Morgan fingerprint density at radius 3 is 2.14 bits per heavy atom. The molecule has 0 fully saturated rings. The molecule has 0 amide bonds. The van der Waals surface area contributed by atoms with Crippen LogP contribution in [-0.4, -0.2) is 30.9 Å². The van der Waals surface area contributed by atoms with E-state index >= 15 is 0 Å². The van der Waals surface area contributed by atoms with E-state index in [-0.39, 0.29) is 19.6 Å². The van der Waals surface area contributed by atoms with Crippen LogP contribution >= 0.6 is 11.6 Å². The SMILES string of the molecule is CCOC(=O)CC(C(=O)OCC)C(=O)c1ccc(Cl)cc1. The number of rotatable bonds is 7. The monoisotopic (exact) mass is 312 g/mol. The lowest BCUT2D eigenvalue weighted by Crippen LogP contribution is -2.29. The van der Waals surface area contributed by atoms with Crippen molar-refractivity contribution in [1.82, 2.24) is 0 Å². The summed E-state index contributed by atoms with van der Waals surface area (Å²) in [6.45, 7) is 3.60. The minimum absolute atomic E-state index is 0.131. The van der Waals surface area contributed by atoms with E-state index in [0.29, 0.717) is 10.6 Å². The molecule has 6 heteroatoms. The molecule has 1 aromatic rings. The van der Waals surface area contributed by atoms with Gasteiger partial charge in [-0.05, 0) is 38.1 Å². The molecule has 1 atom stereocenters. The van der Waals surface area contributed by atoms with Crippen molar-refractivity contribution < 1.29 is 23.9 Å². The Balaban J connectivity index is 2.93. The third-order valence-corrected chi connectivity index (χ3v) is 2.94. The highest BCUT2D eigenvalue weighted by molar-refractivity contribution is 6.30. The molecule has 0 N–H and O–H groups in total. The molecule has 0 aliphatic carbocycles. The second-order valence-electron chi connectivity index (χ2n) is 4.18. The smallest absolute Gasteiger partial charge is 0.317 e. The number of hydrogen-bond acceptors (Lipinski definition) is 5. The van der Waals surface area contributed by atoms with Crippen LogP contribution in [0, 0.1) is 5.92 Å². The quantitative estimate of drug-likeness (QED) is 0.440. The lowest BCUT2D eigenvalue weighted by molar-refractivity contribution is -0.152. The Bertz CT molecular complexity index is 509. The summed E-state index contributed by atoms with van der Waals surface area (Å²) in [4.78, 5) is 35.8. The summed E-state index contributed by atoms with van der Waals surface area (Å²) in [5.74, 6) is -3.04. The van der Waals surface area contributed by atoms with Crippen LogP contribution in [0.5, 0.6) is 0 Å². The molecular formula is C15H17ClO5. The van der Waals surface area contributed by atoms with Gasteiger partial charge in [0.2, 0.25) is 0 Å². The summed E-state index contributed by atoms with van der Waals surface area (Å²) in [6.07, 6.45) is -0.339. The minimum Gasteiger partial charge on any atom is -0.466 e. The molecule has 0 spiro atoms. The number of benzene rings is 1. The highest BCUT2D eigenvalue weighted by Gasteiger charge is 2.31. The van der Waals surface area contributed by atoms with Crippen molar-refractivity contribution in [3.8, 4) is 0 Å². The Kier molecular flexibility index (Phi) is 6.88. The van der Waals surface area contributed by atoms with Gasteiger partial charge >= 0.3 is 11.9 Å². The summed E-state index contributed by atoms with van der Waals surface area (Å²) >= 11 is 5.76. The summed E-state index contributed by atoms with van der Waals surface area (Å²) < 4.78 is 9.64. The third-order valence-electron chi connectivity index (χ3n) is 2.69. The molecule has 114 valence electrons. The van der Waals surface area contributed by atoms with E-state index in [9.17, 15) is 14.4 Å². The summed E-state index contributed by atoms with van der Waals surface area (Å²) in [5.41, 5.74) is 0.293. The highest BCUT2D eigenvalue weighted by Crippen LogP contribution is 2.18. The number of halogens is 1. The molecule has 0 bridgehead atoms. The first-order chi connectivity index (χ1) is 9.99. The Morgan fingerprint density at radius 2 is 1.62 bits per heavy atom. The molecule has 5 nitrogen and oxygen atoms in total. The van der Waals surface area contributed by atoms with Crippen molar-refractivity contribution in [2.45, 2.75) is 20.3 Å². The zero-order chi connectivity index (χ0) is 15.8. The van der Waals surface area contributed by atoms with Crippen LogP contribution in [-0.2, 0) is 19.1 Å². The number of carbonyl (C=O) groups is 3. The number of carbonyl (C=O) groups excluding carboxylic acids is 3. The lowest BCUT2D eigenvalue weighted by Gasteiger charge is -2.14. The second-order valence-corrected chi connectivity index (χ2v) is 4.62. The second kappa shape index (κ2) is 8.42. The molecule has 0 aliphatic rings. The standard InChI is InChI=1S/C15H17ClO5/c1-3-20-13(17)9-12(15(19)21-4-2)14(18)10-5-7-11(16)8-6-10/h5-8,12H,3-4,9H2,1-2H3. The molecule has 0 heterocycles. The lowest BCUT2D eigenvalue weighted by atomic mass is 9.94. The van der Waals surface area contributed by atoms with Crippen LogP contribution in [0.4, 0.5) is 0 Å². The first kappa shape index (κ1) is 17.2. The predicted octanol–water partition coefficient (Wildman–Crippen LogP) is 2.66. The molecule has 0 aliphatic heterocycles. The van der Waals surface area contributed by atoms with Crippen molar-refractivity contribution in [2.75, 3.05) is 13.2 Å². The van der Waals surface area contributed by atoms with Crippen LogP contribution in [0.25, 0.3) is 0 Å². The van der Waals surface area contributed by atoms with Gasteiger partial charge in [0, 0.05) is 10.6 Å². The van der Waals surface area contributed by atoms with Crippen molar-refractivity contribution in [3.63, 3.8) is 0 Å². The number of hydrogen-bond donors (Lipinski definition) is 0. The molecule has 0 radical (unpaired) electrons. The van der Waals surface area contributed by atoms with Crippen molar-refractivity contribution >= 4 is 29.3 Å². The van der Waals surface area contributed by atoms with E-state index in [2.05, 4.69) is 0 Å². The molecule has 21 heavy (non-hydrogen) atoms. The van der Waals surface area contributed by atoms with Crippen LogP contribution in [0.1, 0.15) is 30.6 Å². The number of ether oxygens (including phenoxy) is 2. The zero-order valence-corrected chi connectivity index (χ0v) is 12.7. The average Bonchev–Trinajstić information content (AvgIpc) is 2.45. The number of esters is 2. The topological polar surface area (TPSA) is 69.7 Å². The molecule has 1 unspecified atom stereocenters. The Morgan fingerprint density at radius 1 is 1.05 bits per heavy atom. The Labute approximate surface area is 128 Å². The van der Waals surface area contributed by atoms with Crippen molar-refractivity contribution in [1.29, 1.82) is 0 Å². The van der Waals surface area contributed by atoms with Gasteiger partial charge < -0.3 is 9.47 Å². The van der Waals surface area contributed by atoms with E-state index in [0.717, 1.165) is 0 Å². The molecule has 1 aromatic carbocycles. The van der Waals surface area contributed by atoms with E-state index in [4.69, 9.17) is 21.1 Å². The van der Waals surface area contributed by atoms with Gasteiger partial charge in [-0.25, -0.2) is 0 Å². The van der Waals surface area contributed by atoms with E-state index in [1.54, 1.807) is 26.0 Å². The van der Waals surface area contributed by atoms with Gasteiger partial charge in [0.25, 0.3) is 0 Å². The number of Topliss-reactive ketones (excluding diaryl/α,β-unsaturated/α-hetero) is 1. The maximum absolute atomic E-state index is 12.4. The van der Waals surface area contributed by atoms with Crippen LogP contribution in [0.15, 0.2) is 24.3 Å². The van der Waals surface area contributed by atoms with E-state index < -0.39 is 23.6 Å². The maximum Gasteiger partial charge on any atom is 0.317 e. The first-order valence-corrected chi connectivity index (χ1v) is 6.99. The molecule has 0 saturated heterocycles. The summed E-state index contributed by atoms with van der Waals surface area (Å²) in [6, 6.07) is 6.09. The zero-order valence-electron chi connectivity index (χ0n) is 11.9. The van der Waals surface area contributed by atoms with E-state index in [1.165, 1.54) is 12.1 Å². The van der Waals surface area contributed by atoms with Crippen LogP contribution in [0.3, 0.4) is 0 Å². The Hall–Kier alpha value is -1.88. The van der Waals surface area contributed by atoms with Gasteiger partial charge in [-0.3, -0.25) is 14.4 Å². The fraction of sp³-hybridized carbons (Fsp3) is 0.400. The predicted molar refractivity (Wildman–Crippen MR) is 77.2 cm³/mol. The summed E-state index contributed by atoms with van der Waals surface area (Å²) in [7, 11) is 0. The van der Waals surface area contributed by atoms with Crippen LogP contribution < -0.4 is 0 Å². The molecule has 1 rings (SSSR count). The van der Waals surface area contributed by atoms with E-state index in [1.807, 2.05) is 0 Å². The van der Waals surface area contributed by atoms with Crippen LogP contribution in [0.2, 0.25) is 5.02 Å². The van der Waals surface area contributed by atoms with Gasteiger partial charge in [-0.15, -0.1) is 0 Å². The number of ketones is 1. The fourth-order valence-electron chi connectivity index (χ4n) is 1.73. The third kappa shape index (κ3) is 5.19. The van der Waals surface area contributed by atoms with Crippen molar-refractivity contribution in [2.24, 2.45) is 5.92 Å². The minimum atomic E-state index is -1.20. The maximum atomic E-state index is 12.4. The highest BCUT2D eigenvalue weighted by atomic mass is 35.5.